The number of aliphatic hydroxyl groups is 1. The minimum absolute atomic E-state index is 0.0393. The first kappa shape index (κ1) is 24.4. The summed E-state index contributed by atoms with van der Waals surface area (Å²) in [5.41, 5.74) is 3.87. The van der Waals surface area contributed by atoms with Crippen LogP contribution in [-0.4, -0.2) is 61.4 Å². The molecule has 0 saturated heterocycles. The molecule has 4 aliphatic rings. The number of ether oxygens (including phenoxy) is 3. The van der Waals surface area contributed by atoms with Crippen molar-refractivity contribution >= 4 is 17.7 Å². The fourth-order valence-corrected chi connectivity index (χ4v) is 8.27. The topological polar surface area (TPSA) is 125 Å². The quantitative estimate of drug-likeness (QED) is 0.467. The van der Waals surface area contributed by atoms with E-state index in [4.69, 9.17) is 19.9 Å². The van der Waals surface area contributed by atoms with Gasteiger partial charge in [0.2, 0.25) is 0 Å². The summed E-state index contributed by atoms with van der Waals surface area (Å²) in [7, 11) is 1.57. The first-order valence-electron chi connectivity index (χ1n) is 11.9. The highest BCUT2D eigenvalue weighted by Gasteiger charge is 2.78. The minimum atomic E-state index is -1.29. The second-order valence-corrected chi connectivity index (χ2v) is 11.2. The lowest BCUT2D eigenvalue weighted by molar-refractivity contribution is -0.271. The summed E-state index contributed by atoms with van der Waals surface area (Å²) in [6.45, 7) is 9.63. The molecule has 1 spiro atoms. The SMILES string of the molecule is C=C1C(=O)[C@]23[C@H](OC(=O)CN)[C@H]1C[C@H](O)[C@H]2[C@]1(COC(C)=O)CCCC(C)(C)[C@H]1C[C@H]3OC. The molecule has 8 heteroatoms. The maximum absolute atomic E-state index is 14.0. The lowest BCUT2D eigenvalue weighted by Gasteiger charge is -2.67. The Kier molecular flexibility index (Phi) is 6.03. The Morgan fingerprint density at radius 3 is 2.55 bits per heavy atom. The van der Waals surface area contributed by atoms with E-state index in [1.54, 1.807) is 7.11 Å². The van der Waals surface area contributed by atoms with Crippen LogP contribution in [0.15, 0.2) is 12.2 Å². The van der Waals surface area contributed by atoms with Gasteiger partial charge in [0, 0.05) is 31.3 Å². The highest BCUT2D eigenvalue weighted by Crippen LogP contribution is 2.72. The number of ketones is 1. The van der Waals surface area contributed by atoms with Gasteiger partial charge in [0.25, 0.3) is 0 Å². The number of esters is 2. The first-order valence-corrected chi connectivity index (χ1v) is 11.9. The molecule has 0 amide bonds. The molecule has 2 bridgehead atoms. The smallest absolute Gasteiger partial charge is 0.320 e. The summed E-state index contributed by atoms with van der Waals surface area (Å²) >= 11 is 0. The number of hydrogen-bond donors (Lipinski definition) is 2. The number of carbonyl (C=O) groups excluding carboxylic acids is 3. The van der Waals surface area contributed by atoms with Crippen LogP contribution in [0.2, 0.25) is 0 Å². The molecule has 184 valence electrons. The van der Waals surface area contributed by atoms with Crippen molar-refractivity contribution in [2.75, 3.05) is 20.3 Å². The van der Waals surface area contributed by atoms with Gasteiger partial charge in [0.15, 0.2) is 5.78 Å². The molecule has 33 heavy (non-hydrogen) atoms. The Labute approximate surface area is 195 Å². The van der Waals surface area contributed by atoms with Crippen LogP contribution < -0.4 is 5.73 Å². The molecule has 3 N–H and O–H groups in total. The van der Waals surface area contributed by atoms with Crippen molar-refractivity contribution in [3.63, 3.8) is 0 Å². The molecule has 0 aliphatic heterocycles. The molecule has 8 atom stereocenters. The number of rotatable bonds is 5. The summed E-state index contributed by atoms with van der Waals surface area (Å²) in [5.74, 6) is -2.26. The van der Waals surface area contributed by atoms with Crippen molar-refractivity contribution in [3.05, 3.63) is 12.2 Å². The molecule has 0 radical (unpaired) electrons. The number of hydrogen-bond acceptors (Lipinski definition) is 8. The second kappa shape index (κ2) is 8.17. The Morgan fingerprint density at radius 1 is 1.24 bits per heavy atom. The molecule has 4 fully saturated rings. The monoisotopic (exact) mass is 463 g/mol. The van der Waals surface area contributed by atoms with E-state index < -0.39 is 52.9 Å². The standard InChI is InChI=1S/C25H37NO7/c1-13-15-9-16(28)20-24(12-32-14(2)27)8-6-7-23(3,4)17(24)10-18(31-5)25(20,21(13)30)22(15)33-19(29)11-26/h15-18,20,22,28H,1,6-12,26H2,2-5H3/t15-,16-,17+,18+,20-,22+,24-,25+/m0/s1. The Hall–Kier alpha value is -1.77. The van der Waals surface area contributed by atoms with Gasteiger partial charge in [-0.15, -0.1) is 0 Å². The minimum Gasteiger partial charge on any atom is -0.465 e. The van der Waals surface area contributed by atoms with Crippen molar-refractivity contribution in [1.29, 1.82) is 0 Å². The van der Waals surface area contributed by atoms with E-state index in [2.05, 4.69) is 20.4 Å². The van der Waals surface area contributed by atoms with Gasteiger partial charge >= 0.3 is 11.9 Å². The Morgan fingerprint density at radius 2 is 1.94 bits per heavy atom. The van der Waals surface area contributed by atoms with Gasteiger partial charge in [-0.1, -0.05) is 26.8 Å². The van der Waals surface area contributed by atoms with E-state index in [9.17, 15) is 19.5 Å². The van der Waals surface area contributed by atoms with Gasteiger partial charge in [-0.05, 0) is 42.6 Å². The Balaban J connectivity index is 1.95. The lowest BCUT2D eigenvalue weighted by atomic mass is 9.39. The molecule has 0 unspecified atom stereocenters. The molecule has 4 rings (SSSR count). The summed E-state index contributed by atoms with van der Waals surface area (Å²) in [4.78, 5) is 38.3. The second-order valence-electron chi connectivity index (χ2n) is 11.2. The van der Waals surface area contributed by atoms with Crippen LogP contribution in [0.3, 0.4) is 0 Å². The fraction of sp³-hybridized carbons (Fsp3) is 0.800. The van der Waals surface area contributed by atoms with Crippen LogP contribution in [0.4, 0.5) is 0 Å². The van der Waals surface area contributed by atoms with Crippen molar-refractivity contribution < 1.29 is 33.7 Å². The number of fused-ring (bicyclic) bond motifs is 3. The normalized spacial score (nSPS) is 43.5. The zero-order chi connectivity index (χ0) is 24.3. The molecule has 0 aromatic rings. The van der Waals surface area contributed by atoms with Crippen LogP contribution in [-0.2, 0) is 28.6 Å². The fourth-order valence-electron chi connectivity index (χ4n) is 8.27. The van der Waals surface area contributed by atoms with E-state index in [0.29, 0.717) is 18.4 Å². The van der Waals surface area contributed by atoms with Crippen molar-refractivity contribution in [2.45, 2.75) is 71.2 Å². The van der Waals surface area contributed by atoms with Crippen LogP contribution in [0.1, 0.15) is 52.9 Å². The van der Waals surface area contributed by atoms with Gasteiger partial charge < -0.3 is 25.1 Å². The largest absolute Gasteiger partial charge is 0.465 e. The molecular weight excluding hydrogens is 426 g/mol. The molecule has 4 aliphatic carbocycles. The van der Waals surface area contributed by atoms with Gasteiger partial charge in [-0.25, -0.2) is 0 Å². The third kappa shape index (κ3) is 3.24. The van der Waals surface area contributed by atoms with Crippen LogP contribution >= 0.6 is 0 Å². The van der Waals surface area contributed by atoms with E-state index in [-0.39, 0.29) is 36.7 Å². The zero-order valence-corrected chi connectivity index (χ0v) is 20.1. The number of aliphatic hydroxyl groups excluding tert-OH is 1. The highest BCUT2D eigenvalue weighted by molar-refractivity contribution is 6.05. The first-order chi connectivity index (χ1) is 15.5. The maximum atomic E-state index is 14.0. The summed E-state index contributed by atoms with van der Waals surface area (Å²) in [6, 6.07) is 0. The average Bonchev–Trinajstić information content (AvgIpc) is 2.88. The summed E-state index contributed by atoms with van der Waals surface area (Å²) in [6.07, 6.45) is 1.13. The predicted molar refractivity (Wildman–Crippen MR) is 119 cm³/mol. The lowest BCUT2D eigenvalue weighted by Crippen LogP contribution is -2.72. The molecule has 4 saturated carbocycles. The van der Waals surface area contributed by atoms with E-state index in [1.807, 2.05) is 0 Å². The Bertz CT molecular complexity index is 869. The third-order valence-electron chi connectivity index (χ3n) is 9.32. The molecule has 8 nitrogen and oxygen atoms in total. The van der Waals surface area contributed by atoms with Crippen LogP contribution in [0.25, 0.3) is 0 Å². The van der Waals surface area contributed by atoms with Crippen molar-refractivity contribution in [2.24, 2.45) is 39.7 Å². The van der Waals surface area contributed by atoms with Gasteiger partial charge in [0.1, 0.15) is 11.5 Å². The molecule has 0 aromatic heterocycles. The average molecular weight is 464 g/mol. The number of Topliss-reactive ketones (excluding diaryl/α,β-unsaturated/α-hetero) is 1. The number of methoxy groups -OCH3 is 1. The summed E-state index contributed by atoms with van der Waals surface area (Å²) in [5, 5.41) is 11.6. The number of nitrogens with two attached hydrogens (primary N) is 1. The third-order valence-corrected chi connectivity index (χ3v) is 9.32. The van der Waals surface area contributed by atoms with E-state index in [1.165, 1.54) is 6.92 Å². The highest BCUT2D eigenvalue weighted by atomic mass is 16.6. The summed E-state index contributed by atoms with van der Waals surface area (Å²) < 4.78 is 17.5. The predicted octanol–water partition coefficient (Wildman–Crippen LogP) is 1.77. The van der Waals surface area contributed by atoms with E-state index in [0.717, 1.165) is 12.8 Å². The van der Waals surface area contributed by atoms with Crippen LogP contribution in [0.5, 0.6) is 0 Å². The van der Waals surface area contributed by atoms with Crippen LogP contribution in [0, 0.1) is 34.0 Å². The van der Waals surface area contributed by atoms with Gasteiger partial charge in [0.05, 0.1) is 25.4 Å². The maximum Gasteiger partial charge on any atom is 0.320 e. The molecular formula is C25H37NO7. The molecule has 0 heterocycles. The number of carbonyl (C=O) groups is 3. The van der Waals surface area contributed by atoms with Crippen molar-refractivity contribution in [3.8, 4) is 0 Å². The van der Waals surface area contributed by atoms with Gasteiger partial charge in [-0.2, -0.15) is 0 Å². The van der Waals surface area contributed by atoms with Crippen molar-refractivity contribution in [1.82, 2.24) is 0 Å². The zero-order valence-electron chi connectivity index (χ0n) is 20.1. The van der Waals surface area contributed by atoms with E-state index >= 15 is 0 Å². The molecule has 0 aromatic carbocycles. The van der Waals surface area contributed by atoms with Gasteiger partial charge in [-0.3, -0.25) is 14.4 Å².